The van der Waals surface area contributed by atoms with Crippen molar-refractivity contribution < 1.29 is 14.3 Å². The Hall–Kier alpha value is -0.650. The van der Waals surface area contributed by atoms with Gasteiger partial charge in [0, 0.05) is 32.8 Å². The Morgan fingerprint density at radius 2 is 2.16 bits per heavy atom. The molecule has 1 saturated carbocycles. The fourth-order valence-electron chi connectivity index (χ4n) is 3.31. The molecule has 1 aliphatic carbocycles. The highest BCUT2D eigenvalue weighted by Gasteiger charge is 2.38. The number of carbonyl (C=O) groups excluding carboxylic acids is 1. The van der Waals surface area contributed by atoms with Gasteiger partial charge in [-0.25, -0.2) is 0 Å². The van der Waals surface area contributed by atoms with Gasteiger partial charge < -0.3 is 14.8 Å². The second-order valence-corrected chi connectivity index (χ2v) is 5.34. The highest BCUT2D eigenvalue weighted by molar-refractivity contribution is 5.76. The quantitative estimate of drug-likeness (QED) is 0.765. The minimum atomic E-state index is -0.158. The van der Waals surface area contributed by atoms with Crippen molar-refractivity contribution in [2.75, 3.05) is 33.4 Å². The SMILES string of the molecule is CCOC(=O)C1CNCCN1C1CCCCC1OC. The summed E-state index contributed by atoms with van der Waals surface area (Å²) in [5.74, 6) is -0.102. The minimum Gasteiger partial charge on any atom is -0.465 e. The fraction of sp³-hybridized carbons (Fsp3) is 0.929. The van der Waals surface area contributed by atoms with E-state index < -0.39 is 0 Å². The zero-order chi connectivity index (χ0) is 13.7. The number of hydrogen-bond acceptors (Lipinski definition) is 5. The Kier molecular flexibility index (Phi) is 5.60. The van der Waals surface area contributed by atoms with E-state index in [0.29, 0.717) is 19.2 Å². The lowest BCUT2D eigenvalue weighted by Crippen LogP contribution is -2.61. The minimum absolute atomic E-state index is 0.102. The van der Waals surface area contributed by atoms with Gasteiger partial charge in [0.25, 0.3) is 0 Å². The van der Waals surface area contributed by atoms with Crippen molar-refractivity contribution >= 4 is 5.97 Å². The van der Waals surface area contributed by atoms with Crippen molar-refractivity contribution in [2.45, 2.75) is 50.8 Å². The van der Waals surface area contributed by atoms with Crippen LogP contribution in [0.25, 0.3) is 0 Å². The smallest absolute Gasteiger partial charge is 0.324 e. The van der Waals surface area contributed by atoms with Gasteiger partial charge in [0.15, 0.2) is 0 Å². The van der Waals surface area contributed by atoms with Gasteiger partial charge in [-0.3, -0.25) is 9.69 Å². The maximum Gasteiger partial charge on any atom is 0.324 e. The number of nitrogens with one attached hydrogen (secondary N) is 1. The molecule has 3 atom stereocenters. The molecule has 5 nitrogen and oxygen atoms in total. The van der Waals surface area contributed by atoms with Crippen molar-refractivity contribution in [3.8, 4) is 0 Å². The summed E-state index contributed by atoms with van der Waals surface area (Å²) in [4.78, 5) is 14.4. The van der Waals surface area contributed by atoms with Gasteiger partial charge in [-0.2, -0.15) is 0 Å². The summed E-state index contributed by atoms with van der Waals surface area (Å²) in [6, 6.07) is 0.199. The number of esters is 1. The average molecular weight is 270 g/mol. The summed E-state index contributed by atoms with van der Waals surface area (Å²) < 4.78 is 10.8. The van der Waals surface area contributed by atoms with Gasteiger partial charge >= 0.3 is 5.97 Å². The lowest BCUT2D eigenvalue weighted by Gasteiger charge is -2.44. The summed E-state index contributed by atoms with van der Waals surface area (Å²) in [7, 11) is 1.78. The summed E-state index contributed by atoms with van der Waals surface area (Å²) >= 11 is 0. The Morgan fingerprint density at radius 1 is 1.37 bits per heavy atom. The van der Waals surface area contributed by atoms with Crippen molar-refractivity contribution in [3.63, 3.8) is 0 Å². The van der Waals surface area contributed by atoms with E-state index in [1.807, 2.05) is 6.92 Å². The molecule has 0 amide bonds. The first-order valence-electron chi connectivity index (χ1n) is 7.43. The molecule has 2 aliphatic rings. The Labute approximate surface area is 115 Å². The summed E-state index contributed by atoms with van der Waals surface area (Å²) in [6.45, 7) is 4.82. The van der Waals surface area contributed by atoms with Crippen LogP contribution < -0.4 is 5.32 Å². The highest BCUT2D eigenvalue weighted by Crippen LogP contribution is 2.27. The van der Waals surface area contributed by atoms with Crippen LogP contribution in [0.15, 0.2) is 0 Å². The third-order valence-corrected chi connectivity index (χ3v) is 4.24. The number of ether oxygens (including phenoxy) is 2. The number of piperazine rings is 1. The zero-order valence-corrected chi connectivity index (χ0v) is 12.1. The van der Waals surface area contributed by atoms with Crippen LogP contribution in [0.2, 0.25) is 0 Å². The van der Waals surface area contributed by atoms with Crippen LogP contribution >= 0.6 is 0 Å². The molecular weight excluding hydrogens is 244 g/mol. The maximum atomic E-state index is 12.1. The standard InChI is InChI=1S/C14H26N2O3/c1-3-19-14(17)12-10-15-8-9-16(12)11-6-4-5-7-13(11)18-2/h11-13,15H,3-10H2,1-2H3. The number of rotatable bonds is 4. The summed E-state index contributed by atoms with van der Waals surface area (Å²) in [5, 5.41) is 3.29. The molecule has 1 aliphatic heterocycles. The third kappa shape index (κ3) is 3.46. The molecule has 0 aromatic heterocycles. The first-order valence-corrected chi connectivity index (χ1v) is 7.43. The molecule has 0 aromatic rings. The highest BCUT2D eigenvalue weighted by atomic mass is 16.5. The van der Waals surface area contributed by atoms with E-state index in [1.54, 1.807) is 7.11 Å². The van der Waals surface area contributed by atoms with Gasteiger partial charge in [-0.05, 0) is 19.8 Å². The topological polar surface area (TPSA) is 50.8 Å². The predicted molar refractivity (Wildman–Crippen MR) is 73.0 cm³/mol. The number of carbonyl (C=O) groups is 1. The van der Waals surface area contributed by atoms with Crippen molar-refractivity contribution in [3.05, 3.63) is 0 Å². The van der Waals surface area contributed by atoms with Crippen molar-refractivity contribution in [2.24, 2.45) is 0 Å². The average Bonchev–Trinajstić information content (AvgIpc) is 2.47. The monoisotopic (exact) mass is 270 g/mol. The number of hydrogen-bond donors (Lipinski definition) is 1. The molecule has 0 aromatic carbocycles. The predicted octanol–water partition coefficient (Wildman–Crippen LogP) is 0.781. The Balaban J connectivity index is 2.06. The van der Waals surface area contributed by atoms with Crippen LogP contribution in [0.3, 0.4) is 0 Å². The zero-order valence-electron chi connectivity index (χ0n) is 12.1. The van der Waals surface area contributed by atoms with Crippen LogP contribution in [0.5, 0.6) is 0 Å². The largest absolute Gasteiger partial charge is 0.465 e. The lowest BCUT2D eigenvalue weighted by atomic mass is 9.89. The van der Waals surface area contributed by atoms with Crippen LogP contribution in [-0.2, 0) is 14.3 Å². The molecule has 2 fully saturated rings. The molecule has 1 N–H and O–H groups in total. The normalized spacial score (nSPS) is 33.1. The van der Waals surface area contributed by atoms with Gasteiger partial charge in [0.05, 0.1) is 12.7 Å². The van der Waals surface area contributed by atoms with E-state index in [2.05, 4.69) is 10.2 Å². The van der Waals surface area contributed by atoms with E-state index in [1.165, 1.54) is 12.8 Å². The first kappa shape index (κ1) is 14.8. The second-order valence-electron chi connectivity index (χ2n) is 5.34. The van der Waals surface area contributed by atoms with Crippen molar-refractivity contribution in [1.29, 1.82) is 0 Å². The van der Waals surface area contributed by atoms with E-state index in [-0.39, 0.29) is 18.1 Å². The van der Waals surface area contributed by atoms with Crippen molar-refractivity contribution in [1.82, 2.24) is 10.2 Å². The Morgan fingerprint density at radius 3 is 2.89 bits per heavy atom. The van der Waals surface area contributed by atoms with Crippen LogP contribution in [0, 0.1) is 0 Å². The van der Waals surface area contributed by atoms with E-state index in [9.17, 15) is 4.79 Å². The maximum absolute atomic E-state index is 12.1. The first-order chi connectivity index (χ1) is 9.27. The van der Waals surface area contributed by atoms with Gasteiger partial charge in [0.1, 0.15) is 6.04 Å². The van der Waals surface area contributed by atoms with E-state index in [0.717, 1.165) is 25.9 Å². The molecule has 0 spiro atoms. The molecule has 1 saturated heterocycles. The number of methoxy groups -OCH3 is 1. The van der Waals surface area contributed by atoms with E-state index in [4.69, 9.17) is 9.47 Å². The van der Waals surface area contributed by atoms with Crippen LogP contribution in [0.1, 0.15) is 32.6 Å². The van der Waals surface area contributed by atoms with Gasteiger partial charge in [0.2, 0.25) is 0 Å². The molecule has 3 unspecified atom stereocenters. The lowest BCUT2D eigenvalue weighted by molar-refractivity contribution is -0.153. The summed E-state index contributed by atoms with van der Waals surface area (Å²) in [6.07, 6.45) is 4.92. The molecule has 110 valence electrons. The molecular formula is C14H26N2O3. The number of nitrogens with zero attached hydrogens (tertiary/aromatic N) is 1. The van der Waals surface area contributed by atoms with Crippen LogP contribution in [-0.4, -0.2) is 62.4 Å². The molecule has 5 heteroatoms. The fourth-order valence-corrected chi connectivity index (χ4v) is 3.31. The van der Waals surface area contributed by atoms with Gasteiger partial charge in [-0.15, -0.1) is 0 Å². The Bertz CT molecular complexity index is 298. The molecule has 2 rings (SSSR count). The second kappa shape index (κ2) is 7.22. The van der Waals surface area contributed by atoms with Crippen LogP contribution in [0.4, 0.5) is 0 Å². The molecule has 0 radical (unpaired) electrons. The third-order valence-electron chi connectivity index (χ3n) is 4.24. The molecule has 1 heterocycles. The van der Waals surface area contributed by atoms with Gasteiger partial charge in [-0.1, -0.05) is 12.8 Å². The molecule has 19 heavy (non-hydrogen) atoms. The summed E-state index contributed by atoms with van der Waals surface area (Å²) in [5.41, 5.74) is 0. The van der Waals surface area contributed by atoms with E-state index >= 15 is 0 Å². The molecule has 0 bridgehead atoms.